The number of aromatic nitrogens is 1. The van der Waals surface area contributed by atoms with E-state index < -0.39 is 5.97 Å². The van der Waals surface area contributed by atoms with E-state index in [9.17, 15) is 4.79 Å². The van der Waals surface area contributed by atoms with E-state index in [2.05, 4.69) is 11.3 Å². The number of rotatable bonds is 16. The van der Waals surface area contributed by atoms with Gasteiger partial charge in [-0.25, -0.2) is 4.79 Å². The first-order valence-electron chi connectivity index (χ1n) is 10.1. The van der Waals surface area contributed by atoms with Crippen molar-refractivity contribution in [2.24, 2.45) is 0 Å². The first kappa shape index (κ1) is 23.7. The van der Waals surface area contributed by atoms with E-state index in [4.69, 9.17) is 27.9 Å². The lowest BCUT2D eigenvalue weighted by atomic mass is 10.0. The Kier molecular flexibility index (Phi) is 14.3. The minimum absolute atomic E-state index is 0.132. The fraction of sp³-hybridized carbons (Fsp3) is 0.800. The van der Waals surface area contributed by atoms with Crippen LogP contribution in [0.5, 0.6) is 0 Å². The molecule has 1 heterocycles. The highest BCUT2D eigenvalue weighted by Crippen LogP contribution is 2.29. The zero-order valence-electron chi connectivity index (χ0n) is 16.0. The van der Waals surface area contributed by atoms with Crippen molar-refractivity contribution in [2.75, 3.05) is 6.61 Å². The van der Waals surface area contributed by atoms with Crippen molar-refractivity contribution in [1.29, 1.82) is 0 Å². The molecular weight excluding hydrogens is 389 g/mol. The molecule has 0 atom stereocenters. The van der Waals surface area contributed by atoms with Crippen molar-refractivity contribution >= 4 is 40.7 Å². The molecular formula is C20H33Cl2NO2S. The zero-order chi connectivity index (χ0) is 19.0. The van der Waals surface area contributed by atoms with Crippen LogP contribution in [-0.2, 0) is 4.74 Å². The van der Waals surface area contributed by atoms with Crippen molar-refractivity contribution in [3.8, 4) is 0 Å². The molecule has 150 valence electrons. The predicted molar refractivity (Wildman–Crippen MR) is 113 cm³/mol. The number of carbonyl (C=O) groups excluding carboxylic acids is 1. The van der Waals surface area contributed by atoms with Crippen LogP contribution in [-0.4, -0.2) is 16.9 Å². The van der Waals surface area contributed by atoms with Gasteiger partial charge in [0.15, 0.2) is 5.69 Å². The van der Waals surface area contributed by atoms with E-state index in [1.807, 2.05) is 0 Å². The van der Waals surface area contributed by atoms with Gasteiger partial charge in [-0.3, -0.25) is 0 Å². The summed E-state index contributed by atoms with van der Waals surface area (Å²) in [5, 5.41) is 0.197. The summed E-state index contributed by atoms with van der Waals surface area (Å²) in [6.07, 6.45) is 18.3. The standard InChI is InChI=1S/C20H33Cl2NO2S/c1-2-3-4-5-6-7-8-9-10-11-12-13-14-15-16-25-20(24)18-17(21)19(22)26-23-18/h2-16H2,1H3. The van der Waals surface area contributed by atoms with Crippen molar-refractivity contribution in [3.05, 3.63) is 15.1 Å². The lowest BCUT2D eigenvalue weighted by Crippen LogP contribution is -2.07. The molecule has 0 aliphatic rings. The molecule has 6 heteroatoms. The summed E-state index contributed by atoms with van der Waals surface area (Å²) in [6.45, 7) is 2.68. The predicted octanol–water partition coefficient (Wildman–Crippen LogP) is 8.09. The molecule has 26 heavy (non-hydrogen) atoms. The molecule has 0 fully saturated rings. The average Bonchev–Trinajstić information content (AvgIpc) is 2.97. The summed E-state index contributed by atoms with van der Waals surface area (Å²) >= 11 is 12.7. The van der Waals surface area contributed by atoms with Crippen LogP contribution in [0.4, 0.5) is 0 Å². The van der Waals surface area contributed by atoms with Gasteiger partial charge in [-0.15, -0.1) is 0 Å². The third-order valence-electron chi connectivity index (χ3n) is 4.52. The quantitative estimate of drug-likeness (QED) is 0.200. The Morgan fingerprint density at radius 2 is 1.31 bits per heavy atom. The summed E-state index contributed by atoms with van der Waals surface area (Å²) in [6, 6.07) is 0. The molecule has 0 saturated carbocycles. The van der Waals surface area contributed by atoms with Gasteiger partial charge in [-0.05, 0) is 18.0 Å². The Morgan fingerprint density at radius 1 is 0.846 bits per heavy atom. The van der Waals surface area contributed by atoms with Crippen LogP contribution in [0, 0.1) is 0 Å². The molecule has 0 spiro atoms. The Hall–Kier alpha value is -0.320. The van der Waals surface area contributed by atoms with Crippen LogP contribution in [0.3, 0.4) is 0 Å². The third-order valence-corrected chi connectivity index (χ3v) is 6.13. The molecule has 0 N–H and O–H groups in total. The highest BCUT2D eigenvalue weighted by atomic mass is 35.5. The molecule has 0 aromatic carbocycles. The maximum absolute atomic E-state index is 11.8. The SMILES string of the molecule is CCCCCCCCCCCCCCCCOC(=O)c1nsc(Cl)c1Cl. The number of carbonyl (C=O) groups is 1. The molecule has 0 saturated heterocycles. The van der Waals surface area contributed by atoms with Crippen LogP contribution >= 0.6 is 34.7 Å². The van der Waals surface area contributed by atoms with Gasteiger partial charge in [0.05, 0.1) is 6.61 Å². The van der Waals surface area contributed by atoms with Gasteiger partial charge >= 0.3 is 5.97 Å². The fourth-order valence-corrected chi connectivity index (χ4v) is 3.90. The van der Waals surface area contributed by atoms with Crippen LogP contribution in [0.1, 0.15) is 107 Å². The topological polar surface area (TPSA) is 39.2 Å². The maximum atomic E-state index is 11.8. The Labute approximate surface area is 173 Å². The Morgan fingerprint density at radius 3 is 1.73 bits per heavy atom. The summed E-state index contributed by atoms with van der Waals surface area (Å²) in [4.78, 5) is 11.8. The highest BCUT2D eigenvalue weighted by molar-refractivity contribution is 7.11. The molecule has 0 radical (unpaired) electrons. The van der Waals surface area contributed by atoms with Gasteiger partial charge in [-0.1, -0.05) is 114 Å². The molecule has 0 unspecified atom stereocenters. The molecule has 1 rings (SSSR count). The number of nitrogens with zero attached hydrogens (tertiary/aromatic N) is 1. The van der Waals surface area contributed by atoms with Gasteiger partial charge in [0.1, 0.15) is 9.36 Å². The molecule has 0 bridgehead atoms. The Balaban J connectivity index is 1.84. The Bertz CT molecular complexity index is 494. The lowest BCUT2D eigenvalue weighted by molar-refractivity contribution is 0.0492. The van der Waals surface area contributed by atoms with Crippen LogP contribution in [0.2, 0.25) is 9.36 Å². The second-order valence-electron chi connectivity index (χ2n) is 6.85. The highest BCUT2D eigenvalue weighted by Gasteiger charge is 2.18. The maximum Gasteiger partial charge on any atom is 0.359 e. The zero-order valence-corrected chi connectivity index (χ0v) is 18.4. The van der Waals surface area contributed by atoms with Gasteiger partial charge in [0, 0.05) is 0 Å². The van der Waals surface area contributed by atoms with Crippen molar-refractivity contribution in [1.82, 2.24) is 4.37 Å². The van der Waals surface area contributed by atoms with Crippen molar-refractivity contribution in [2.45, 2.75) is 96.8 Å². The number of unbranched alkanes of at least 4 members (excludes halogenated alkanes) is 13. The summed E-state index contributed by atoms with van der Waals surface area (Å²) < 4.78 is 9.43. The normalized spacial score (nSPS) is 11.0. The van der Waals surface area contributed by atoms with Crippen molar-refractivity contribution in [3.63, 3.8) is 0 Å². The monoisotopic (exact) mass is 421 g/mol. The van der Waals surface area contributed by atoms with Gasteiger partial charge < -0.3 is 4.74 Å². The molecule has 0 aliphatic carbocycles. The van der Waals surface area contributed by atoms with E-state index >= 15 is 0 Å². The molecule has 3 nitrogen and oxygen atoms in total. The summed E-state index contributed by atoms with van der Waals surface area (Å²) in [5.41, 5.74) is 0.132. The van der Waals surface area contributed by atoms with Gasteiger partial charge in [-0.2, -0.15) is 4.37 Å². The third kappa shape index (κ3) is 10.7. The van der Waals surface area contributed by atoms with E-state index in [-0.39, 0.29) is 10.7 Å². The molecule has 1 aromatic rings. The second kappa shape index (κ2) is 15.7. The largest absolute Gasteiger partial charge is 0.461 e. The molecule has 1 aromatic heterocycles. The summed E-state index contributed by atoms with van der Waals surface area (Å²) in [7, 11) is 0. The number of hydrogen-bond donors (Lipinski definition) is 0. The van der Waals surface area contributed by atoms with Gasteiger partial charge in [0.2, 0.25) is 0 Å². The van der Waals surface area contributed by atoms with E-state index in [1.54, 1.807) is 0 Å². The minimum Gasteiger partial charge on any atom is -0.461 e. The minimum atomic E-state index is -0.479. The fourth-order valence-electron chi connectivity index (χ4n) is 2.92. The molecule has 0 aliphatic heterocycles. The van der Waals surface area contributed by atoms with Crippen LogP contribution < -0.4 is 0 Å². The number of hydrogen-bond acceptors (Lipinski definition) is 4. The van der Waals surface area contributed by atoms with Crippen LogP contribution in [0.15, 0.2) is 0 Å². The average molecular weight is 422 g/mol. The number of ether oxygens (including phenoxy) is 1. The first-order valence-corrected chi connectivity index (χ1v) is 11.7. The van der Waals surface area contributed by atoms with E-state index in [0.717, 1.165) is 24.4 Å². The number of esters is 1. The smallest absolute Gasteiger partial charge is 0.359 e. The van der Waals surface area contributed by atoms with E-state index in [1.165, 1.54) is 77.0 Å². The molecule has 0 amide bonds. The first-order chi connectivity index (χ1) is 12.7. The van der Waals surface area contributed by atoms with Crippen molar-refractivity contribution < 1.29 is 9.53 Å². The number of halogens is 2. The summed E-state index contributed by atoms with van der Waals surface area (Å²) in [5.74, 6) is -0.479. The van der Waals surface area contributed by atoms with Gasteiger partial charge in [0.25, 0.3) is 0 Å². The lowest BCUT2D eigenvalue weighted by Gasteiger charge is -2.04. The van der Waals surface area contributed by atoms with E-state index in [0.29, 0.717) is 10.9 Å². The second-order valence-corrected chi connectivity index (χ2v) is 8.60. The van der Waals surface area contributed by atoms with Crippen LogP contribution in [0.25, 0.3) is 0 Å².